The number of aliphatic hydroxyl groups excluding tert-OH is 1. The average molecular weight is 298 g/mol. The van der Waals surface area contributed by atoms with E-state index >= 15 is 0 Å². The summed E-state index contributed by atoms with van der Waals surface area (Å²) in [4.78, 5) is 0. The van der Waals surface area contributed by atoms with Crippen LogP contribution in [0.2, 0.25) is 0 Å². The standard InChI is InChI=1S/C17H27NO.ClH/c1-11-9-12(2)15(13(3)10-11)16(18)17(19)14-7-5-4-6-8-14;/h9-10,14,16-17,19H,4-8,18H2,1-3H3;1H/t16-,17+;/m0./s1. The summed E-state index contributed by atoms with van der Waals surface area (Å²) in [6.07, 6.45) is 5.62. The van der Waals surface area contributed by atoms with Crippen LogP contribution in [-0.2, 0) is 0 Å². The fraction of sp³-hybridized carbons (Fsp3) is 0.647. The molecule has 0 aliphatic heterocycles. The van der Waals surface area contributed by atoms with Crippen molar-refractivity contribution in [3.8, 4) is 0 Å². The van der Waals surface area contributed by atoms with E-state index in [2.05, 4.69) is 32.9 Å². The zero-order valence-corrected chi connectivity index (χ0v) is 13.7. The van der Waals surface area contributed by atoms with Gasteiger partial charge < -0.3 is 10.8 Å². The second-order valence-electron chi connectivity index (χ2n) is 6.23. The highest BCUT2D eigenvalue weighted by molar-refractivity contribution is 5.85. The maximum Gasteiger partial charge on any atom is 0.0761 e. The minimum atomic E-state index is -0.402. The molecule has 1 aromatic carbocycles. The molecule has 20 heavy (non-hydrogen) atoms. The van der Waals surface area contributed by atoms with Crippen LogP contribution in [0.25, 0.3) is 0 Å². The molecule has 3 N–H and O–H groups in total. The van der Waals surface area contributed by atoms with Crippen LogP contribution in [0.4, 0.5) is 0 Å². The van der Waals surface area contributed by atoms with Crippen molar-refractivity contribution in [3.63, 3.8) is 0 Å². The first-order chi connectivity index (χ1) is 9.00. The van der Waals surface area contributed by atoms with E-state index in [0.29, 0.717) is 5.92 Å². The average Bonchev–Trinajstić information content (AvgIpc) is 2.37. The molecule has 2 nitrogen and oxygen atoms in total. The van der Waals surface area contributed by atoms with Crippen LogP contribution < -0.4 is 5.73 Å². The Hall–Kier alpha value is -0.570. The van der Waals surface area contributed by atoms with Crippen LogP contribution >= 0.6 is 12.4 Å². The fourth-order valence-electron chi connectivity index (χ4n) is 3.66. The zero-order chi connectivity index (χ0) is 14.0. The molecule has 0 spiro atoms. The molecule has 0 radical (unpaired) electrons. The molecule has 3 heteroatoms. The first-order valence-electron chi connectivity index (χ1n) is 7.52. The van der Waals surface area contributed by atoms with Crippen molar-refractivity contribution in [2.75, 3.05) is 0 Å². The number of benzene rings is 1. The lowest BCUT2D eigenvalue weighted by atomic mass is 9.80. The first kappa shape index (κ1) is 17.5. The molecular formula is C17H28ClNO. The first-order valence-corrected chi connectivity index (χ1v) is 7.52. The lowest BCUT2D eigenvalue weighted by molar-refractivity contribution is 0.0614. The fourth-order valence-corrected chi connectivity index (χ4v) is 3.66. The maximum absolute atomic E-state index is 10.6. The van der Waals surface area contributed by atoms with E-state index in [1.165, 1.54) is 36.0 Å². The summed E-state index contributed by atoms with van der Waals surface area (Å²) in [6, 6.07) is 4.08. The summed E-state index contributed by atoms with van der Waals surface area (Å²) in [5.74, 6) is 0.379. The molecule has 1 saturated carbocycles. The smallest absolute Gasteiger partial charge is 0.0761 e. The van der Waals surface area contributed by atoms with Gasteiger partial charge in [0, 0.05) is 0 Å². The van der Waals surface area contributed by atoms with E-state index in [-0.39, 0.29) is 18.4 Å². The largest absolute Gasteiger partial charge is 0.391 e. The number of halogens is 1. The quantitative estimate of drug-likeness (QED) is 0.886. The predicted octanol–water partition coefficient (Wildman–Crippen LogP) is 3.97. The van der Waals surface area contributed by atoms with Crippen molar-refractivity contribution in [1.82, 2.24) is 0 Å². The van der Waals surface area contributed by atoms with Crippen molar-refractivity contribution >= 4 is 12.4 Å². The Labute approximate surface area is 129 Å². The molecule has 2 rings (SSSR count). The Morgan fingerprint density at radius 3 is 2.05 bits per heavy atom. The molecular weight excluding hydrogens is 270 g/mol. The molecule has 0 aromatic heterocycles. The minimum Gasteiger partial charge on any atom is -0.391 e. The Morgan fingerprint density at radius 2 is 1.55 bits per heavy atom. The molecule has 0 amide bonds. The van der Waals surface area contributed by atoms with E-state index < -0.39 is 6.10 Å². The third-order valence-corrected chi connectivity index (χ3v) is 4.57. The van der Waals surface area contributed by atoms with Gasteiger partial charge in [0.05, 0.1) is 12.1 Å². The lowest BCUT2D eigenvalue weighted by Gasteiger charge is -2.32. The maximum atomic E-state index is 10.6. The van der Waals surface area contributed by atoms with Crippen LogP contribution in [0, 0.1) is 26.7 Å². The van der Waals surface area contributed by atoms with Crippen molar-refractivity contribution in [3.05, 3.63) is 34.4 Å². The van der Waals surface area contributed by atoms with Crippen molar-refractivity contribution < 1.29 is 5.11 Å². The normalized spacial score (nSPS) is 19.2. The topological polar surface area (TPSA) is 46.2 Å². The summed E-state index contributed by atoms with van der Waals surface area (Å²) in [6.45, 7) is 6.30. The number of aryl methyl sites for hydroxylation is 3. The van der Waals surface area contributed by atoms with Gasteiger partial charge in [-0.05, 0) is 56.2 Å². The van der Waals surface area contributed by atoms with Crippen molar-refractivity contribution in [2.45, 2.75) is 65.0 Å². The lowest BCUT2D eigenvalue weighted by Crippen LogP contribution is -2.35. The van der Waals surface area contributed by atoms with Gasteiger partial charge in [-0.2, -0.15) is 0 Å². The summed E-state index contributed by atoms with van der Waals surface area (Å²) >= 11 is 0. The van der Waals surface area contributed by atoms with Gasteiger partial charge in [-0.3, -0.25) is 0 Å². The summed E-state index contributed by atoms with van der Waals surface area (Å²) in [5, 5.41) is 10.6. The highest BCUT2D eigenvalue weighted by Crippen LogP contribution is 2.33. The van der Waals surface area contributed by atoms with Gasteiger partial charge >= 0.3 is 0 Å². The van der Waals surface area contributed by atoms with Crippen LogP contribution in [0.3, 0.4) is 0 Å². The Kier molecular flexibility index (Phi) is 6.50. The number of nitrogens with two attached hydrogens (primary N) is 1. The van der Waals surface area contributed by atoms with Gasteiger partial charge in [0.15, 0.2) is 0 Å². The van der Waals surface area contributed by atoms with Gasteiger partial charge in [0.1, 0.15) is 0 Å². The van der Waals surface area contributed by atoms with Gasteiger partial charge in [-0.25, -0.2) is 0 Å². The highest BCUT2D eigenvalue weighted by atomic mass is 35.5. The number of hydrogen-bond acceptors (Lipinski definition) is 2. The molecule has 1 fully saturated rings. The van der Waals surface area contributed by atoms with Crippen molar-refractivity contribution in [1.29, 1.82) is 0 Å². The number of rotatable bonds is 3. The summed E-state index contributed by atoms with van der Waals surface area (Å²) in [5.41, 5.74) is 11.2. The third-order valence-electron chi connectivity index (χ3n) is 4.57. The monoisotopic (exact) mass is 297 g/mol. The Bertz CT molecular complexity index is 418. The van der Waals surface area contributed by atoms with E-state index in [4.69, 9.17) is 5.73 Å². The van der Waals surface area contributed by atoms with E-state index in [1.807, 2.05) is 0 Å². The Balaban J connectivity index is 0.00000200. The molecule has 114 valence electrons. The van der Waals surface area contributed by atoms with E-state index in [9.17, 15) is 5.11 Å². The second-order valence-corrected chi connectivity index (χ2v) is 6.23. The van der Waals surface area contributed by atoms with Crippen LogP contribution in [0.15, 0.2) is 12.1 Å². The van der Waals surface area contributed by atoms with E-state index in [1.54, 1.807) is 0 Å². The van der Waals surface area contributed by atoms with Crippen molar-refractivity contribution in [2.24, 2.45) is 11.7 Å². The molecule has 1 aliphatic carbocycles. The van der Waals surface area contributed by atoms with Gasteiger partial charge in [-0.1, -0.05) is 37.0 Å². The van der Waals surface area contributed by atoms with Gasteiger partial charge in [0.2, 0.25) is 0 Å². The molecule has 2 atom stereocenters. The van der Waals surface area contributed by atoms with Crippen LogP contribution in [-0.4, -0.2) is 11.2 Å². The molecule has 1 aliphatic rings. The molecule has 0 heterocycles. The minimum absolute atomic E-state index is 0. The third kappa shape index (κ3) is 3.75. The van der Waals surface area contributed by atoms with Crippen LogP contribution in [0.5, 0.6) is 0 Å². The SMILES string of the molecule is Cc1cc(C)c([C@H](N)[C@H](O)C2CCCCC2)c(C)c1.Cl. The van der Waals surface area contributed by atoms with E-state index in [0.717, 1.165) is 18.4 Å². The van der Waals surface area contributed by atoms with Crippen LogP contribution in [0.1, 0.15) is 60.4 Å². The molecule has 1 aromatic rings. The highest BCUT2D eigenvalue weighted by Gasteiger charge is 2.29. The summed E-state index contributed by atoms with van der Waals surface area (Å²) < 4.78 is 0. The number of aliphatic hydroxyl groups is 1. The molecule has 0 unspecified atom stereocenters. The molecule has 0 saturated heterocycles. The number of hydrogen-bond donors (Lipinski definition) is 2. The van der Waals surface area contributed by atoms with Gasteiger partial charge in [-0.15, -0.1) is 12.4 Å². The van der Waals surface area contributed by atoms with Gasteiger partial charge in [0.25, 0.3) is 0 Å². The molecule has 0 bridgehead atoms. The summed E-state index contributed by atoms with van der Waals surface area (Å²) in [7, 11) is 0. The second kappa shape index (κ2) is 7.44. The zero-order valence-electron chi connectivity index (χ0n) is 12.9. The predicted molar refractivity (Wildman–Crippen MR) is 87.4 cm³/mol. The Morgan fingerprint density at radius 1 is 1.05 bits per heavy atom.